The van der Waals surface area contributed by atoms with Crippen LogP contribution in [0.2, 0.25) is 0 Å². The van der Waals surface area contributed by atoms with E-state index in [-0.39, 0.29) is 24.1 Å². The largest absolute Gasteiger partial charge is 0.436 e. The van der Waals surface area contributed by atoms with Gasteiger partial charge >= 0.3 is 0 Å². The van der Waals surface area contributed by atoms with Gasteiger partial charge in [-0.3, -0.25) is 4.79 Å². The Morgan fingerprint density at radius 1 is 1.38 bits per heavy atom. The van der Waals surface area contributed by atoms with Gasteiger partial charge in [0.2, 0.25) is 11.5 Å². The molecule has 1 aliphatic rings. The number of nitrogens with one attached hydrogen (secondary N) is 1. The molecule has 1 aromatic carbocycles. The Labute approximate surface area is 148 Å². The van der Waals surface area contributed by atoms with Crippen LogP contribution in [-0.2, 0) is 16.2 Å². The number of pyridine rings is 1. The fraction of sp³-hybridized carbons (Fsp3) is 0.278. The summed E-state index contributed by atoms with van der Waals surface area (Å²) in [6.45, 7) is 3.53. The molecule has 2 heterocycles. The third-order valence-corrected chi connectivity index (χ3v) is 3.87. The number of carbonyl (C=O) groups excluding carboxylic acids is 1. The molecule has 26 heavy (non-hydrogen) atoms. The second-order valence-electron chi connectivity index (χ2n) is 6.15. The molecule has 8 heteroatoms. The normalized spacial score (nSPS) is 18.8. The summed E-state index contributed by atoms with van der Waals surface area (Å²) >= 11 is 0. The van der Waals surface area contributed by atoms with Gasteiger partial charge in [-0.2, -0.15) is 0 Å². The van der Waals surface area contributed by atoms with Crippen molar-refractivity contribution in [3.05, 3.63) is 53.7 Å². The summed E-state index contributed by atoms with van der Waals surface area (Å²) < 4.78 is 32.2. The Balaban J connectivity index is 1.70. The molecule has 1 atom stereocenters. The monoisotopic (exact) mass is 361 g/mol. The Bertz CT molecular complexity index is 873. The van der Waals surface area contributed by atoms with Crippen molar-refractivity contribution in [2.75, 3.05) is 0 Å². The number of hydrogen-bond acceptors (Lipinski definition) is 5. The molecule has 0 bridgehead atoms. The maximum atomic E-state index is 13.8. The molecule has 6 nitrogen and oxygen atoms in total. The van der Waals surface area contributed by atoms with Gasteiger partial charge in [-0.1, -0.05) is 11.2 Å². The Morgan fingerprint density at radius 3 is 2.88 bits per heavy atom. The topological polar surface area (TPSA) is 72.8 Å². The highest BCUT2D eigenvalue weighted by Crippen LogP contribution is 2.27. The third kappa shape index (κ3) is 3.79. The van der Waals surface area contributed by atoms with Gasteiger partial charge in [0.25, 0.3) is 5.91 Å². The highest BCUT2D eigenvalue weighted by atomic mass is 19.1. The maximum absolute atomic E-state index is 13.8. The number of ether oxygens (including phenoxy) is 1. The molecule has 1 N–H and O–H groups in total. The predicted octanol–water partition coefficient (Wildman–Crippen LogP) is 3.32. The SMILES string of the molecule is CC1=NO[C@@](C)(C(=O)NCc2cccnc2Oc2ccc(F)cc2F)C1. The van der Waals surface area contributed by atoms with Gasteiger partial charge in [-0.05, 0) is 32.0 Å². The van der Waals surface area contributed by atoms with Crippen molar-refractivity contribution in [1.82, 2.24) is 10.3 Å². The minimum absolute atomic E-state index is 0.100. The number of oxime groups is 1. The zero-order chi connectivity index (χ0) is 18.7. The summed E-state index contributed by atoms with van der Waals surface area (Å²) in [5.41, 5.74) is 0.208. The number of nitrogens with zero attached hydrogens (tertiary/aromatic N) is 2. The van der Waals surface area contributed by atoms with Crippen molar-refractivity contribution in [2.24, 2.45) is 5.16 Å². The molecule has 0 radical (unpaired) electrons. The van der Waals surface area contributed by atoms with Crippen molar-refractivity contribution >= 4 is 11.6 Å². The lowest BCUT2D eigenvalue weighted by molar-refractivity contribution is -0.141. The summed E-state index contributed by atoms with van der Waals surface area (Å²) in [5, 5.41) is 6.54. The van der Waals surface area contributed by atoms with Crippen molar-refractivity contribution in [1.29, 1.82) is 0 Å². The van der Waals surface area contributed by atoms with Crippen LogP contribution in [0.4, 0.5) is 8.78 Å². The number of halogens is 2. The molecule has 0 fully saturated rings. The molecule has 0 aliphatic carbocycles. The highest BCUT2D eigenvalue weighted by Gasteiger charge is 2.40. The number of rotatable bonds is 5. The first kappa shape index (κ1) is 17.8. The fourth-order valence-electron chi connectivity index (χ4n) is 2.53. The van der Waals surface area contributed by atoms with Crippen molar-refractivity contribution in [3.63, 3.8) is 0 Å². The molecule has 0 unspecified atom stereocenters. The fourth-order valence-corrected chi connectivity index (χ4v) is 2.53. The lowest BCUT2D eigenvalue weighted by atomic mass is 9.99. The van der Waals surface area contributed by atoms with E-state index in [1.165, 1.54) is 12.3 Å². The molecule has 0 saturated carbocycles. The second-order valence-corrected chi connectivity index (χ2v) is 6.15. The molecule has 0 spiro atoms. The maximum Gasteiger partial charge on any atom is 0.267 e. The first-order valence-electron chi connectivity index (χ1n) is 7.94. The zero-order valence-corrected chi connectivity index (χ0v) is 14.3. The van der Waals surface area contributed by atoms with Gasteiger partial charge in [-0.25, -0.2) is 13.8 Å². The van der Waals surface area contributed by atoms with Gasteiger partial charge in [0, 0.05) is 30.8 Å². The van der Waals surface area contributed by atoms with Crippen LogP contribution in [-0.4, -0.2) is 22.2 Å². The molecule has 0 saturated heterocycles. The van der Waals surface area contributed by atoms with Crippen LogP contribution in [0, 0.1) is 11.6 Å². The molecule has 1 aromatic heterocycles. The van der Waals surface area contributed by atoms with Crippen LogP contribution in [0.15, 0.2) is 41.7 Å². The van der Waals surface area contributed by atoms with Crippen molar-refractivity contribution < 1.29 is 23.1 Å². The number of aromatic nitrogens is 1. The number of benzene rings is 1. The van der Waals surface area contributed by atoms with E-state index >= 15 is 0 Å². The number of amides is 1. The minimum Gasteiger partial charge on any atom is -0.436 e. The van der Waals surface area contributed by atoms with Crippen LogP contribution in [0.5, 0.6) is 11.6 Å². The Hall–Kier alpha value is -3.03. The summed E-state index contributed by atoms with van der Waals surface area (Å²) in [4.78, 5) is 21.6. The Morgan fingerprint density at radius 2 is 2.19 bits per heavy atom. The minimum atomic E-state index is -1.06. The smallest absolute Gasteiger partial charge is 0.267 e. The van der Waals surface area contributed by atoms with E-state index in [1.54, 1.807) is 26.0 Å². The lowest BCUT2D eigenvalue weighted by Crippen LogP contribution is -2.44. The van der Waals surface area contributed by atoms with Gasteiger partial charge in [0.05, 0.1) is 5.71 Å². The van der Waals surface area contributed by atoms with Crippen LogP contribution >= 0.6 is 0 Å². The average molecular weight is 361 g/mol. The summed E-state index contributed by atoms with van der Waals surface area (Å²) in [6.07, 6.45) is 1.87. The molecule has 136 valence electrons. The summed E-state index contributed by atoms with van der Waals surface area (Å²) in [5.74, 6) is -1.92. The van der Waals surface area contributed by atoms with Gasteiger partial charge in [0.1, 0.15) is 5.82 Å². The average Bonchev–Trinajstić information content (AvgIpc) is 2.96. The van der Waals surface area contributed by atoms with E-state index in [4.69, 9.17) is 9.57 Å². The van der Waals surface area contributed by atoms with Crippen molar-refractivity contribution in [3.8, 4) is 11.6 Å². The Kier molecular flexibility index (Phi) is 4.83. The van der Waals surface area contributed by atoms with Crippen LogP contribution in [0.1, 0.15) is 25.8 Å². The molecule has 2 aromatic rings. The zero-order valence-electron chi connectivity index (χ0n) is 14.3. The third-order valence-electron chi connectivity index (χ3n) is 3.87. The van der Waals surface area contributed by atoms with E-state index in [9.17, 15) is 13.6 Å². The number of hydrogen-bond donors (Lipinski definition) is 1. The van der Waals surface area contributed by atoms with E-state index in [0.29, 0.717) is 12.0 Å². The molecular formula is C18H17F2N3O3. The highest BCUT2D eigenvalue weighted by molar-refractivity contribution is 5.94. The van der Waals surface area contributed by atoms with Crippen LogP contribution in [0.25, 0.3) is 0 Å². The van der Waals surface area contributed by atoms with Gasteiger partial charge in [-0.15, -0.1) is 0 Å². The lowest BCUT2D eigenvalue weighted by Gasteiger charge is -2.20. The molecule has 1 amide bonds. The predicted molar refractivity (Wildman–Crippen MR) is 89.7 cm³/mol. The van der Waals surface area contributed by atoms with Gasteiger partial charge in [0.15, 0.2) is 11.6 Å². The first-order chi connectivity index (χ1) is 12.4. The summed E-state index contributed by atoms with van der Waals surface area (Å²) in [6, 6.07) is 6.33. The van der Waals surface area contributed by atoms with Crippen LogP contribution in [0.3, 0.4) is 0 Å². The standard InChI is InChI=1S/C18H17F2N3O3/c1-11-9-18(2,26-23-11)17(24)22-10-12-4-3-7-21-16(12)25-15-6-5-13(19)8-14(15)20/h3-8H,9-10H2,1-2H3,(H,22,24)/t18-/m1/s1. The first-order valence-corrected chi connectivity index (χ1v) is 7.94. The van der Waals surface area contributed by atoms with E-state index in [1.807, 2.05) is 0 Å². The van der Waals surface area contributed by atoms with E-state index in [0.717, 1.165) is 17.8 Å². The van der Waals surface area contributed by atoms with Crippen molar-refractivity contribution in [2.45, 2.75) is 32.4 Å². The molecular weight excluding hydrogens is 344 g/mol. The van der Waals surface area contributed by atoms with E-state index in [2.05, 4.69) is 15.5 Å². The summed E-state index contributed by atoms with van der Waals surface area (Å²) in [7, 11) is 0. The second kappa shape index (κ2) is 7.07. The van der Waals surface area contributed by atoms with Gasteiger partial charge < -0.3 is 14.9 Å². The van der Waals surface area contributed by atoms with E-state index < -0.39 is 17.2 Å². The van der Waals surface area contributed by atoms with Crippen LogP contribution < -0.4 is 10.1 Å². The molecule has 1 aliphatic heterocycles. The quantitative estimate of drug-likeness (QED) is 0.887. The number of carbonyl (C=O) groups is 1. The molecule has 3 rings (SSSR count).